The summed E-state index contributed by atoms with van der Waals surface area (Å²) in [4.78, 5) is 14.6. The van der Waals surface area contributed by atoms with Crippen molar-refractivity contribution in [3.05, 3.63) is 0 Å². The van der Waals surface area contributed by atoms with Gasteiger partial charge in [-0.1, -0.05) is 39.5 Å². The fraction of sp³-hybridized carbons (Fsp3) is 0.941. The molecule has 5 heteroatoms. The van der Waals surface area contributed by atoms with Crippen molar-refractivity contribution in [3.8, 4) is 0 Å². The van der Waals surface area contributed by atoms with Crippen LogP contribution in [0.5, 0.6) is 0 Å². The molecule has 0 aromatic carbocycles. The number of hydrogen-bond donors (Lipinski definition) is 2. The molecule has 22 heavy (non-hydrogen) atoms. The molecule has 2 amide bonds. The first-order chi connectivity index (χ1) is 10.7. The van der Waals surface area contributed by atoms with Crippen LogP contribution in [-0.2, 0) is 4.74 Å². The molecule has 0 radical (unpaired) electrons. The number of rotatable bonds is 5. The van der Waals surface area contributed by atoms with Gasteiger partial charge in [0, 0.05) is 31.7 Å². The third kappa shape index (κ3) is 5.76. The maximum absolute atomic E-state index is 12.2. The summed E-state index contributed by atoms with van der Waals surface area (Å²) < 4.78 is 5.43. The predicted molar refractivity (Wildman–Crippen MR) is 89.0 cm³/mol. The molecule has 2 N–H and O–H groups in total. The molecule has 1 saturated heterocycles. The Hall–Kier alpha value is -0.810. The van der Waals surface area contributed by atoms with Gasteiger partial charge in [-0.2, -0.15) is 0 Å². The maximum atomic E-state index is 12.2. The van der Waals surface area contributed by atoms with Crippen LogP contribution in [-0.4, -0.2) is 55.9 Å². The number of carbonyl (C=O) groups excluding carboxylic acids is 1. The molecule has 5 nitrogen and oxygen atoms in total. The largest absolute Gasteiger partial charge is 0.379 e. The number of urea groups is 1. The molecule has 1 saturated carbocycles. The van der Waals surface area contributed by atoms with Gasteiger partial charge in [0.2, 0.25) is 0 Å². The molecule has 1 aliphatic heterocycles. The van der Waals surface area contributed by atoms with E-state index in [1.54, 1.807) is 0 Å². The Morgan fingerprint density at radius 2 is 1.77 bits per heavy atom. The van der Waals surface area contributed by atoms with Crippen LogP contribution >= 0.6 is 0 Å². The molecule has 0 aromatic rings. The average Bonchev–Trinajstić information content (AvgIpc) is 2.77. The van der Waals surface area contributed by atoms with Crippen molar-refractivity contribution < 1.29 is 9.53 Å². The van der Waals surface area contributed by atoms with Crippen LogP contribution in [0.1, 0.15) is 52.4 Å². The van der Waals surface area contributed by atoms with E-state index in [9.17, 15) is 4.79 Å². The Kier molecular flexibility index (Phi) is 7.46. The zero-order valence-corrected chi connectivity index (χ0v) is 14.3. The fourth-order valence-electron chi connectivity index (χ4n) is 3.55. The summed E-state index contributed by atoms with van der Waals surface area (Å²) in [5.74, 6) is 0.524. The molecule has 1 aliphatic carbocycles. The molecular weight excluding hydrogens is 278 g/mol. The summed E-state index contributed by atoms with van der Waals surface area (Å²) in [5.41, 5.74) is 0. The van der Waals surface area contributed by atoms with Gasteiger partial charge in [0.15, 0.2) is 0 Å². The molecular formula is C17H33N3O2. The first kappa shape index (κ1) is 17.5. The lowest BCUT2D eigenvalue weighted by Crippen LogP contribution is -2.53. The van der Waals surface area contributed by atoms with E-state index in [4.69, 9.17) is 4.74 Å². The van der Waals surface area contributed by atoms with Gasteiger partial charge in [0.1, 0.15) is 0 Å². The number of amides is 2. The summed E-state index contributed by atoms with van der Waals surface area (Å²) in [5, 5.41) is 6.26. The van der Waals surface area contributed by atoms with Crippen molar-refractivity contribution in [1.29, 1.82) is 0 Å². The summed E-state index contributed by atoms with van der Waals surface area (Å²) in [7, 11) is 0. The molecule has 0 spiro atoms. The Bertz CT molecular complexity index is 322. The van der Waals surface area contributed by atoms with Crippen LogP contribution in [0.2, 0.25) is 0 Å². The normalized spacial score (nSPS) is 23.0. The van der Waals surface area contributed by atoms with Gasteiger partial charge in [-0.15, -0.1) is 0 Å². The molecule has 1 atom stereocenters. The Labute approximate surface area is 135 Å². The standard InChI is InChI=1S/C17H33N3O2/c1-14(2)16(20-9-11-22-12-10-20)13-18-17(21)19-15-7-5-3-4-6-8-15/h14-16H,3-13H2,1-2H3,(H2,18,19,21). The van der Waals surface area contributed by atoms with Gasteiger partial charge in [-0.25, -0.2) is 4.79 Å². The van der Waals surface area contributed by atoms with Crippen molar-refractivity contribution in [3.63, 3.8) is 0 Å². The van der Waals surface area contributed by atoms with Crippen LogP contribution in [0.4, 0.5) is 4.79 Å². The van der Waals surface area contributed by atoms with Gasteiger partial charge in [0.05, 0.1) is 13.2 Å². The van der Waals surface area contributed by atoms with Crippen LogP contribution in [0, 0.1) is 5.92 Å². The third-order valence-corrected chi connectivity index (χ3v) is 4.95. The first-order valence-corrected chi connectivity index (χ1v) is 9.03. The van der Waals surface area contributed by atoms with Gasteiger partial charge in [0.25, 0.3) is 0 Å². The average molecular weight is 311 g/mol. The highest BCUT2D eigenvalue weighted by atomic mass is 16.5. The SMILES string of the molecule is CC(C)C(CNC(=O)NC1CCCCCC1)N1CCOCC1. The van der Waals surface area contributed by atoms with Crippen LogP contribution in [0.15, 0.2) is 0 Å². The zero-order valence-electron chi connectivity index (χ0n) is 14.3. The number of hydrogen-bond acceptors (Lipinski definition) is 3. The molecule has 1 unspecified atom stereocenters. The van der Waals surface area contributed by atoms with Crippen LogP contribution in [0.25, 0.3) is 0 Å². The van der Waals surface area contributed by atoms with E-state index in [1.807, 2.05) is 0 Å². The van der Waals surface area contributed by atoms with Gasteiger partial charge >= 0.3 is 6.03 Å². The fourth-order valence-corrected chi connectivity index (χ4v) is 3.55. The number of carbonyl (C=O) groups is 1. The van der Waals surface area contributed by atoms with E-state index in [1.165, 1.54) is 25.7 Å². The van der Waals surface area contributed by atoms with E-state index < -0.39 is 0 Å². The molecule has 128 valence electrons. The van der Waals surface area contributed by atoms with Crippen molar-refractivity contribution >= 4 is 6.03 Å². The van der Waals surface area contributed by atoms with Gasteiger partial charge in [-0.05, 0) is 18.8 Å². The summed E-state index contributed by atoms with van der Waals surface area (Å²) in [6, 6.07) is 0.762. The lowest BCUT2D eigenvalue weighted by atomic mass is 10.0. The second kappa shape index (κ2) is 9.36. The number of nitrogens with one attached hydrogen (secondary N) is 2. The number of morpholine rings is 1. The minimum Gasteiger partial charge on any atom is -0.379 e. The van der Waals surface area contributed by atoms with E-state index in [0.29, 0.717) is 18.0 Å². The minimum absolute atomic E-state index is 0.00538. The second-order valence-corrected chi connectivity index (χ2v) is 7.00. The summed E-state index contributed by atoms with van der Waals surface area (Å²) >= 11 is 0. The Morgan fingerprint density at radius 1 is 1.14 bits per heavy atom. The van der Waals surface area contributed by atoms with Crippen molar-refractivity contribution in [2.24, 2.45) is 5.92 Å². The zero-order chi connectivity index (χ0) is 15.8. The minimum atomic E-state index is 0.00538. The van der Waals surface area contributed by atoms with Crippen LogP contribution in [0.3, 0.4) is 0 Å². The quantitative estimate of drug-likeness (QED) is 0.767. The monoisotopic (exact) mass is 311 g/mol. The molecule has 2 rings (SSSR count). The van der Waals surface area contributed by atoms with Crippen molar-refractivity contribution in [2.75, 3.05) is 32.8 Å². The molecule has 0 aromatic heterocycles. The van der Waals surface area contributed by atoms with E-state index >= 15 is 0 Å². The highest BCUT2D eigenvalue weighted by Crippen LogP contribution is 2.17. The topological polar surface area (TPSA) is 53.6 Å². The number of nitrogens with zero attached hydrogens (tertiary/aromatic N) is 1. The summed E-state index contributed by atoms with van der Waals surface area (Å²) in [6.45, 7) is 8.71. The second-order valence-electron chi connectivity index (χ2n) is 7.00. The predicted octanol–water partition coefficient (Wildman–Crippen LogP) is 2.37. The Balaban J connectivity index is 1.74. The highest BCUT2D eigenvalue weighted by Gasteiger charge is 2.24. The maximum Gasteiger partial charge on any atom is 0.315 e. The molecule has 2 fully saturated rings. The summed E-state index contributed by atoms with van der Waals surface area (Å²) in [6.07, 6.45) is 7.37. The lowest BCUT2D eigenvalue weighted by Gasteiger charge is -2.37. The smallest absolute Gasteiger partial charge is 0.315 e. The first-order valence-electron chi connectivity index (χ1n) is 9.03. The third-order valence-electron chi connectivity index (χ3n) is 4.95. The van der Waals surface area contributed by atoms with E-state index in [0.717, 1.165) is 45.7 Å². The lowest BCUT2D eigenvalue weighted by molar-refractivity contribution is 0.00718. The highest BCUT2D eigenvalue weighted by molar-refractivity contribution is 5.74. The van der Waals surface area contributed by atoms with Crippen LogP contribution < -0.4 is 10.6 Å². The van der Waals surface area contributed by atoms with Gasteiger partial charge < -0.3 is 15.4 Å². The van der Waals surface area contributed by atoms with Crippen molar-refractivity contribution in [2.45, 2.75) is 64.5 Å². The molecule has 2 aliphatic rings. The van der Waals surface area contributed by atoms with E-state index in [2.05, 4.69) is 29.4 Å². The number of ether oxygens (including phenoxy) is 1. The molecule has 1 heterocycles. The Morgan fingerprint density at radius 3 is 2.36 bits per heavy atom. The van der Waals surface area contributed by atoms with Gasteiger partial charge in [-0.3, -0.25) is 4.90 Å². The van der Waals surface area contributed by atoms with Crippen molar-refractivity contribution in [1.82, 2.24) is 15.5 Å². The van der Waals surface area contributed by atoms with E-state index in [-0.39, 0.29) is 6.03 Å². The molecule has 0 bridgehead atoms.